The summed E-state index contributed by atoms with van der Waals surface area (Å²) in [5.41, 5.74) is 2.49. The van der Waals surface area contributed by atoms with E-state index in [1.54, 1.807) is 7.11 Å². The summed E-state index contributed by atoms with van der Waals surface area (Å²) in [6.45, 7) is 5.46. The number of methoxy groups -OCH3 is 1. The average molecular weight is 218 g/mol. The molecule has 0 aromatic heterocycles. The summed E-state index contributed by atoms with van der Waals surface area (Å²) in [6, 6.07) is 0. The molecule has 0 heterocycles. The first-order chi connectivity index (χ1) is 7.35. The lowest BCUT2D eigenvalue weighted by Gasteiger charge is -2.08. The van der Waals surface area contributed by atoms with Crippen molar-refractivity contribution in [3.63, 3.8) is 0 Å². The van der Waals surface area contributed by atoms with Crippen molar-refractivity contribution in [3.05, 3.63) is 0 Å². The van der Waals surface area contributed by atoms with Crippen LogP contribution in [-0.4, -0.2) is 46.0 Å². The molecular weight excluding hydrogens is 196 g/mol. The quantitative estimate of drug-likeness (QED) is 0.168. The van der Waals surface area contributed by atoms with Crippen molar-refractivity contribution in [1.29, 1.82) is 0 Å². The minimum absolute atomic E-state index is 0.587. The minimum Gasteiger partial charge on any atom is -0.383 e. The first kappa shape index (κ1) is 14.2. The molecule has 15 heavy (non-hydrogen) atoms. The number of hydrazine groups is 1. The molecule has 90 valence electrons. The Morgan fingerprint density at radius 1 is 1.40 bits per heavy atom. The van der Waals surface area contributed by atoms with Crippen molar-refractivity contribution in [1.82, 2.24) is 10.7 Å². The molecule has 6 heteroatoms. The second-order valence-corrected chi connectivity index (χ2v) is 2.84. The van der Waals surface area contributed by atoms with E-state index in [2.05, 4.69) is 15.7 Å². The smallest absolute Gasteiger partial charge is 0.205 e. The van der Waals surface area contributed by atoms with Gasteiger partial charge in [-0.25, -0.2) is 5.84 Å². The molecule has 4 N–H and O–H groups in total. The molecule has 0 atom stereocenters. The Morgan fingerprint density at radius 3 is 2.80 bits per heavy atom. The Bertz CT molecular complexity index is 164. The predicted octanol–water partition coefficient (Wildman–Crippen LogP) is -0.532. The monoisotopic (exact) mass is 218 g/mol. The first-order valence-corrected chi connectivity index (χ1v) is 5.16. The van der Waals surface area contributed by atoms with Gasteiger partial charge in [0.05, 0.1) is 6.61 Å². The molecule has 0 radical (unpaired) electrons. The Balaban J connectivity index is 3.50. The highest BCUT2D eigenvalue weighted by molar-refractivity contribution is 5.79. The van der Waals surface area contributed by atoms with Gasteiger partial charge in [-0.15, -0.1) is 0 Å². The molecular formula is C9H22N4O2. The molecule has 0 spiro atoms. The van der Waals surface area contributed by atoms with Crippen LogP contribution in [0.15, 0.2) is 4.99 Å². The maximum atomic E-state index is 5.28. The molecule has 0 aliphatic heterocycles. The molecule has 0 aliphatic carbocycles. The number of nitrogens with two attached hydrogens (primary N) is 1. The number of rotatable bonds is 8. The average Bonchev–Trinajstić information content (AvgIpc) is 2.26. The van der Waals surface area contributed by atoms with Crippen LogP contribution >= 0.6 is 0 Å². The van der Waals surface area contributed by atoms with E-state index in [1.165, 1.54) is 0 Å². The number of aliphatic imine (C=N–C) groups is 1. The molecule has 0 bridgehead atoms. The Kier molecular flexibility index (Phi) is 10.6. The minimum atomic E-state index is 0.587. The van der Waals surface area contributed by atoms with Gasteiger partial charge >= 0.3 is 0 Å². The highest BCUT2D eigenvalue weighted by Gasteiger charge is 1.93. The van der Waals surface area contributed by atoms with Gasteiger partial charge in [-0.2, -0.15) is 0 Å². The van der Waals surface area contributed by atoms with E-state index in [0.29, 0.717) is 25.7 Å². The van der Waals surface area contributed by atoms with Crippen LogP contribution in [0.5, 0.6) is 0 Å². The van der Waals surface area contributed by atoms with Crippen molar-refractivity contribution >= 4 is 5.96 Å². The zero-order valence-electron chi connectivity index (χ0n) is 9.58. The van der Waals surface area contributed by atoms with Crippen molar-refractivity contribution in [3.8, 4) is 0 Å². The topological polar surface area (TPSA) is 80.9 Å². The summed E-state index contributed by atoms with van der Waals surface area (Å²) in [5.74, 6) is 5.87. The lowest BCUT2D eigenvalue weighted by Crippen LogP contribution is -2.42. The van der Waals surface area contributed by atoms with E-state index in [9.17, 15) is 0 Å². The third kappa shape index (κ3) is 9.45. The van der Waals surface area contributed by atoms with Crippen LogP contribution in [-0.2, 0) is 9.47 Å². The highest BCUT2D eigenvalue weighted by atomic mass is 16.5. The number of hydrogen-bond donors (Lipinski definition) is 3. The van der Waals surface area contributed by atoms with Gasteiger partial charge in [-0.3, -0.25) is 10.4 Å². The lowest BCUT2D eigenvalue weighted by atomic mass is 10.4. The molecule has 0 aromatic rings. The zero-order valence-corrected chi connectivity index (χ0v) is 9.58. The number of ether oxygens (including phenoxy) is 2. The summed E-state index contributed by atoms with van der Waals surface area (Å²) < 4.78 is 10.1. The van der Waals surface area contributed by atoms with Crippen molar-refractivity contribution in [2.45, 2.75) is 13.3 Å². The van der Waals surface area contributed by atoms with Crippen molar-refractivity contribution < 1.29 is 9.47 Å². The van der Waals surface area contributed by atoms with E-state index in [4.69, 9.17) is 15.3 Å². The molecule has 0 unspecified atom stereocenters. The summed E-state index contributed by atoms with van der Waals surface area (Å²) in [6.07, 6.45) is 0.894. The largest absolute Gasteiger partial charge is 0.383 e. The summed E-state index contributed by atoms with van der Waals surface area (Å²) >= 11 is 0. The van der Waals surface area contributed by atoms with Crippen molar-refractivity contribution in [2.75, 3.05) is 40.0 Å². The van der Waals surface area contributed by atoms with E-state index >= 15 is 0 Å². The van der Waals surface area contributed by atoms with Gasteiger partial charge in [0.1, 0.15) is 0 Å². The van der Waals surface area contributed by atoms with Crippen LogP contribution < -0.4 is 16.6 Å². The van der Waals surface area contributed by atoms with Gasteiger partial charge in [0, 0.05) is 33.4 Å². The highest BCUT2D eigenvalue weighted by Crippen LogP contribution is 1.83. The van der Waals surface area contributed by atoms with Gasteiger partial charge in [0.15, 0.2) is 0 Å². The van der Waals surface area contributed by atoms with Crippen molar-refractivity contribution in [2.24, 2.45) is 10.8 Å². The molecule has 0 amide bonds. The van der Waals surface area contributed by atoms with Gasteiger partial charge < -0.3 is 14.8 Å². The molecule has 0 saturated heterocycles. The SMILES string of the molecule is CCOCCCN=C(NN)NCCOC. The van der Waals surface area contributed by atoms with Crippen LogP contribution in [0.3, 0.4) is 0 Å². The Hall–Kier alpha value is -0.850. The number of guanidine groups is 1. The Morgan fingerprint density at radius 2 is 2.20 bits per heavy atom. The summed E-state index contributed by atoms with van der Waals surface area (Å²) in [4.78, 5) is 4.22. The molecule has 6 nitrogen and oxygen atoms in total. The standard InChI is InChI=1S/C9H22N4O2/c1-3-15-7-4-5-11-9(13-10)12-6-8-14-2/h3-8,10H2,1-2H3,(H2,11,12,13). The number of nitrogens with zero attached hydrogens (tertiary/aromatic N) is 1. The van der Waals surface area contributed by atoms with E-state index < -0.39 is 0 Å². The van der Waals surface area contributed by atoms with E-state index in [1.807, 2.05) is 6.92 Å². The second-order valence-electron chi connectivity index (χ2n) is 2.84. The second kappa shape index (κ2) is 11.2. The zero-order chi connectivity index (χ0) is 11.4. The van der Waals surface area contributed by atoms with Gasteiger partial charge in [-0.05, 0) is 13.3 Å². The summed E-state index contributed by atoms with van der Waals surface area (Å²) in [7, 11) is 1.65. The normalized spacial score (nSPS) is 11.5. The predicted molar refractivity (Wildman–Crippen MR) is 60.6 cm³/mol. The maximum absolute atomic E-state index is 5.28. The fraction of sp³-hybridized carbons (Fsp3) is 0.889. The maximum Gasteiger partial charge on any atom is 0.205 e. The van der Waals surface area contributed by atoms with Crippen LogP contribution in [0.4, 0.5) is 0 Å². The van der Waals surface area contributed by atoms with Crippen LogP contribution in [0.1, 0.15) is 13.3 Å². The first-order valence-electron chi connectivity index (χ1n) is 5.16. The third-order valence-electron chi connectivity index (χ3n) is 1.66. The fourth-order valence-electron chi connectivity index (χ4n) is 0.926. The molecule has 0 saturated carbocycles. The van der Waals surface area contributed by atoms with E-state index in [0.717, 1.165) is 19.6 Å². The molecule has 0 fully saturated rings. The van der Waals surface area contributed by atoms with Gasteiger partial charge in [-0.1, -0.05) is 0 Å². The molecule has 0 aromatic carbocycles. The molecule has 0 rings (SSSR count). The van der Waals surface area contributed by atoms with E-state index in [-0.39, 0.29) is 0 Å². The van der Waals surface area contributed by atoms with Crippen LogP contribution in [0, 0.1) is 0 Å². The number of hydrogen-bond acceptors (Lipinski definition) is 4. The van der Waals surface area contributed by atoms with Crippen LogP contribution in [0.25, 0.3) is 0 Å². The van der Waals surface area contributed by atoms with Gasteiger partial charge in [0.2, 0.25) is 5.96 Å². The van der Waals surface area contributed by atoms with Gasteiger partial charge in [0.25, 0.3) is 0 Å². The molecule has 0 aliphatic rings. The Labute approximate surface area is 91.2 Å². The fourth-order valence-corrected chi connectivity index (χ4v) is 0.926. The summed E-state index contributed by atoms with van der Waals surface area (Å²) in [5, 5.41) is 3.01. The third-order valence-corrected chi connectivity index (χ3v) is 1.66. The van der Waals surface area contributed by atoms with Crippen LogP contribution in [0.2, 0.25) is 0 Å². The number of nitrogens with one attached hydrogen (secondary N) is 2. The lowest BCUT2D eigenvalue weighted by molar-refractivity contribution is 0.146.